The molecule has 0 aliphatic rings. The molecule has 0 heterocycles. The molecule has 2 aromatic carbocycles. The SMILES string of the molecule is CCCOC(=O)c1ccc(OC(=O)c2ccccc2)c(OC)c1. The van der Waals surface area contributed by atoms with Crippen molar-refractivity contribution in [1.29, 1.82) is 0 Å². The monoisotopic (exact) mass is 314 g/mol. The molecule has 0 radical (unpaired) electrons. The molecule has 0 saturated carbocycles. The molecule has 0 atom stereocenters. The molecule has 2 rings (SSSR count). The highest BCUT2D eigenvalue weighted by Crippen LogP contribution is 2.29. The number of rotatable bonds is 6. The van der Waals surface area contributed by atoms with Crippen LogP contribution in [0.4, 0.5) is 0 Å². The van der Waals surface area contributed by atoms with E-state index >= 15 is 0 Å². The number of methoxy groups -OCH3 is 1. The zero-order chi connectivity index (χ0) is 16.7. The minimum Gasteiger partial charge on any atom is -0.493 e. The second kappa shape index (κ2) is 7.98. The van der Waals surface area contributed by atoms with Gasteiger partial charge in [-0.25, -0.2) is 9.59 Å². The van der Waals surface area contributed by atoms with Crippen molar-refractivity contribution in [3.05, 3.63) is 59.7 Å². The van der Waals surface area contributed by atoms with Crippen LogP contribution in [0, 0.1) is 0 Å². The summed E-state index contributed by atoms with van der Waals surface area (Å²) in [5.74, 6) is -0.398. The van der Waals surface area contributed by atoms with E-state index < -0.39 is 11.9 Å². The Hall–Kier alpha value is -2.82. The second-order valence-corrected chi connectivity index (χ2v) is 4.76. The van der Waals surface area contributed by atoms with Crippen LogP contribution >= 0.6 is 0 Å². The second-order valence-electron chi connectivity index (χ2n) is 4.76. The lowest BCUT2D eigenvalue weighted by Gasteiger charge is -2.11. The van der Waals surface area contributed by atoms with Gasteiger partial charge < -0.3 is 14.2 Å². The van der Waals surface area contributed by atoms with Gasteiger partial charge in [-0.3, -0.25) is 0 Å². The Bertz CT molecular complexity index is 679. The Morgan fingerprint density at radius 2 is 1.65 bits per heavy atom. The predicted octanol–water partition coefficient (Wildman–Crippen LogP) is 3.48. The summed E-state index contributed by atoms with van der Waals surface area (Å²) in [4.78, 5) is 23.9. The average molecular weight is 314 g/mol. The molecule has 0 aromatic heterocycles. The zero-order valence-corrected chi connectivity index (χ0v) is 13.1. The van der Waals surface area contributed by atoms with Crippen LogP contribution in [0.5, 0.6) is 11.5 Å². The van der Waals surface area contributed by atoms with Crippen LogP contribution in [0.3, 0.4) is 0 Å². The molecule has 0 aliphatic heterocycles. The number of carbonyl (C=O) groups is 2. The van der Waals surface area contributed by atoms with Crippen molar-refractivity contribution < 1.29 is 23.8 Å². The molecule has 0 aliphatic carbocycles. The van der Waals surface area contributed by atoms with Crippen molar-refractivity contribution in [1.82, 2.24) is 0 Å². The maximum atomic E-state index is 12.1. The van der Waals surface area contributed by atoms with E-state index in [-0.39, 0.29) is 5.75 Å². The number of hydrogen-bond acceptors (Lipinski definition) is 5. The first-order valence-electron chi connectivity index (χ1n) is 7.28. The lowest BCUT2D eigenvalue weighted by atomic mass is 10.2. The lowest BCUT2D eigenvalue weighted by molar-refractivity contribution is 0.0504. The third-order valence-corrected chi connectivity index (χ3v) is 3.05. The van der Waals surface area contributed by atoms with E-state index in [2.05, 4.69) is 0 Å². The largest absolute Gasteiger partial charge is 0.493 e. The highest BCUT2D eigenvalue weighted by atomic mass is 16.6. The third kappa shape index (κ3) is 4.32. The topological polar surface area (TPSA) is 61.8 Å². The molecule has 120 valence electrons. The van der Waals surface area contributed by atoms with E-state index in [9.17, 15) is 9.59 Å². The van der Waals surface area contributed by atoms with Gasteiger partial charge in [-0.1, -0.05) is 25.1 Å². The maximum absolute atomic E-state index is 12.1. The van der Waals surface area contributed by atoms with Crippen LogP contribution in [-0.2, 0) is 4.74 Å². The molecule has 0 fully saturated rings. The van der Waals surface area contributed by atoms with Gasteiger partial charge >= 0.3 is 11.9 Å². The van der Waals surface area contributed by atoms with E-state index in [0.717, 1.165) is 6.42 Å². The first-order chi connectivity index (χ1) is 11.2. The van der Waals surface area contributed by atoms with Gasteiger partial charge in [0.05, 0.1) is 24.8 Å². The summed E-state index contributed by atoms with van der Waals surface area (Å²) in [7, 11) is 1.44. The first kappa shape index (κ1) is 16.5. The molecule has 23 heavy (non-hydrogen) atoms. The molecule has 2 aromatic rings. The van der Waals surface area contributed by atoms with Crippen molar-refractivity contribution in [2.45, 2.75) is 13.3 Å². The smallest absolute Gasteiger partial charge is 0.343 e. The quantitative estimate of drug-likeness (QED) is 0.603. The molecule has 0 bridgehead atoms. The van der Waals surface area contributed by atoms with E-state index in [4.69, 9.17) is 14.2 Å². The summed E-state index contributed by atoms with van der Waals surface area (Å²) in [5.41, 5.74) is 0.774. The molecule has 0 amide bonds. The molecule has 5 nitrogen and oxygen atoms in total. The minimum atomic E-state index is -0.495. The van der Waals surface area contributed by atoms with Gasteiger partial charge in [0.15, 0.2) is 11.5 Å². The van der Waals surface area contributed by atoms with Crippen molar-refractivity contribution in [3.63, 3.8) is 0 Å². The van der Waals surface area contributed by atoms with E-state index in [1.54, 1.807) is 24.3 Å². The third-order valence-electron chi connectivity index (χ3n) is 3.05. The highest BCUT2D eigenvalue weighted by Gasteiger charge is 2.15. The normalized spacial score (nSPS) is 10.0. The Kier molecular flexibility index (Phi) is 5.74. The number of benzene rings is 2. The van der Waals surface area contributed by atoms with Crippen molar-refractivity contribution in [3.8, 4) is 11.5 Å². The Morgan fingerprint density at radius 1 is 0.913 bits per heavy atom. The zero-order valence-electron chi connectivity index (χ0n) is 13.1. The molecule has 0 saturated heterocycles. The van der Waals surface area contributed by atoms with Crippen LogP contribution in [0.25, 0.3) is 0 Å². The van der Waals surface area contributed by atoms with Gasteiger partial charge in [-0.2, -0.15) is 0 Å². The average Bonchev–Trinajstić information content (AvgIpc) is 2.60. The fourth-order valence-electron chi connectivity index (χ4n) is 1.89. The molecule has 0 spiro atoms. The highest BCUT2D eigenvalue weighted by molar-refractivity contribution is 5.92. The number of ether oxygens (including phenoxy) is 3. The van der Waals surface area contributed by atoms with Crippen molar-refractivity contribution in [2.24, 2.45) is 0 Å². The van der Waals surface area contributed by atoms with Gasteiger partial charge in [0.1, 0.15) is 0 Å². The van der Waals surface area contributed by atoms with Gasteiger partial charge in [0.2, 0.25) is 0 Å². The molecular weight excluding hydrogens is 296 g/mol. The van der Waals surface area contributed by atoms with Gasteiger partial charge in [0.25, 0.3) is 0 Å². The van der Waals surface area contributed by atoms with E-state index in [0.29, 0.717) is 23.5 Å². The van der Waals surface area contributed by atoms with Crippen LogP contribution < -0.4 is 9.47 Å². The predicted molar refractivity (Wildman–Crippen MR) is 85.0 cm³/mol. The Labute approximate surface area is 134 Å². The summed E-state index contributed by atoms with van der Waals surface area (Å²) in [5, 5.41) is 0. The summed E-state index contributed by atoms with van der Waals surface area (Å²) >= 11 is 0. The van der Waals surface area contributed by atoms with E-state index in [1.165, 1.54) is 25.3 Å². The minimum absolute atomic E-state index is 0.244. The lowest BCUT2D eigenvalue weighted by Crippen LogP contribution is -2.10. The summed E-state index contributed by atoms with van der Waals surface area (Å²) in [6, 6.07) is 13.2. The molecule has 5 heteroatoms. The molecular formula is C18H18O5. The van der Waals surface area contributed by atoms with Crippen molar-refractivity contribution >= 4 is 11.9 Å². The number of carbonyl (C=O) groups excluding carboxylic acids is 2. The Morgan fingerprint density at radius 3 is 2.30 bits per heavy atom. The van der Waals surface area contributed by atoms with Crippen LogP contribution in [0.1, 0.15) is 34.1 Å². The van der Waals surface area contributed by atoms with E-state index in [1.807, 2.05) is 13.0 Å². The fourth-order valence-corrected chi connectivity index (χ4v) is 1.89. The van der Waals surface area contributed by atoms with Crippen LogP contribution in [-0.4, -0.2) is 25.7 Å². The summed E-state index contributed by atoms with van der Waals surface area (Å²) < 4.78 is 15.6. The van der Waals surface area contributed by atoms with Crippen LogP contribution in [0.15, 0.2) is 48.5 Å². The standard InChI is InChI=1S/C18H18O5/c1-3-11-22-17(19)14-9-10-15(16(12-14)21-2)23-18(20)13-7-5-4-6-8-13/h4-10,12H,3,11H2,1-2H3. The fraction of sp³-hybridized carbons (Fsp3) is 0.222. The summed E-state index contributed by atoms with van der Waals surface area (Å²) in [6.07, 6.45) is 0.746. The number of hydrogen-bond donors (Lipinski definition) is 0. The van der Waals surface area contributed by atoms with Gasteiger partial charge in [0, 0.05) is 0 Å². The first-order valence-corrected chi connectivity index (χ1v) is 7.28. The number of esters is 2. The maximum Gasteiger partial charge on any atom is 0.343 e. The Balaban J connectivity index is 2.16. The van der Waals surface area contributed by atoms with Gasteiger partial charge in [-0.05, 0) is 36.8 Å². The van der Waals surface area contributed by atoms with Gasteiger partial charge in [-0.15, -0.1) is 0 Å². The van der Waals surface area contributed by atoms with Crippen LogP contribution in [0.2, 0.25) is 0 Å². The van der Waals surface area contributed by atoms with Crippen molar-refractivity contribution in [2.75, 3.05) is 13.7 Å². The molecule has 0 N–H and O–H groups in total. The summed E-state index contributed by atoms with van der Waals surface area (Å²) in [6.45, 7) is 2.27. The molecule has 0 unspecified atom stereocenters.